The molecule has 0 unspecified atom stereocenters. The third kappa shape index (κ3) is 3.91. The molecule has 126 valence electrons. The van der Waals surface area contributed by atoms with Gasteiger partial charge in [0.15, 0.2) is 0 Å². The average molecular weight is 346 g/mol. The lowest BCUT2D eigenvalue weighted by atomic mass is 9.96. The van der Waals surface area contributed by atoms with Crippen molar-refractivity contribution in [3.8, 4) is 5.75 Å². The van der Waals surface area contributed by atoms with Crippen molar-refractivity contribution in [3.63, 3.8) is 0 Å². The zero-order chi connectivity index (χ0) is 16.9. The van der Waals surface area contributed by atoms with Gasteiger partial charge in [-0.05, 0) is 37.1 Å². The van der Waals surface area contributed by atoms with Crippen molar-refractivity contribution in [2.45, 2.75) is 19.4 Å². The van der Waals surface area contributed by atoms with Gasteiger partial charge in [-0.15, -0.1) is 11.3 Å². The molecule has 1 amide bonds. The topological polar surface area (TPSA) is 79.7 Å². The van der Waals surface area contributed by atoms with Crippen molar-refractivity contribution in [3.05, 3.63) is 46.4 Å². The van der Waals surface area contributed by atoms with E-state index in [1.807, 2.05) is 5.38 Å². The Bertz CT molecular complexity index is 692. The van der Waals surface area contributed by atoms with Gasteiger partial charge < -0.3 is 14.7 Å². The van der Waals surface area contributed by atoms with Crippen molar-refractivity contribution >= 4 is 23.2 Å². The fourth-order valence-electron chi connectivity index (χ4n) is 2.67. The van der Waals surface area contributed by atoms with Crippen LogP contribution in [-0.4, -0.2) is 40.0 Å². The summed E-state index contributed by atoms with van der Waals surface area (Å²) in [5, 5.41) is 10.9. The maximum absolute atomic E-state index is 12.5. The highest BCUT2D eigenvalue weighted by Gasteiger charge is 2.27. The fourth-order valence-corrected chi connectivity index (χ4v) is 3.22. The molecule has 2 heterocycles. The summed E-state index contributed by atoms with van der Waals surface area (Å²) < 4.78 is 5.63. The van der Waals surface area contributed by atoms with Gasteiger partial charge >= 0.3 is 5.97 Å². The van der Waals surface area contributed by atoms with Crippen LogP contribution in [0.3, 0.4) is 0 Å². The van der Waals surface area contributed by atoms with Gasteiger partial charge in [-0.1, -0.05) is 0 Å². The van der Waals surface area contributed by atoms with Gasteiger partial charge in [-0.3, -0.25) is 9.59 Å². The number of rotatable bonds is 5. The molecule has 1 aromatic carbocycles. The fraction of sp³-hybridized carbons (Fsp3) is 0.353. The van der Waals surface area contributed by atoms with E-state index in [0.29, 0.717) is 43.9 Å². The molecule has 0 spiro atoms. The van der Waals surface area contributed by atoms with E-state index in [1.54, 1.807) is 34.7 Å². The summed E-state index contributed by atoms with van der Waals surface area (Å²) in [6.45, 7) is 1.37. The Balaban J connectivity index is 1.55. The molecule has 0 bridgehead atoms. The summed E-state index contributed by atoms with van der Waals surface area (Å²) in [7, 11) is 0. The maximum Gasteiger partial charge on any atom is 0.306 e. The van der Waals surface area contributed by atoms with E-state index in [9.17, 15) is 9.59 Å². The van der Waals surface area contributed by atoms with Crippen LogP contribution in [-0.2, 0) is 11.4 Å². The van der Waals surface area contributed by atoms with E-state index in [0.717, 1.165) is 5.69 Å². The van der Waals surface area contributed by atoms with Crippen molar-refractivity contribution < 1.29 is 19.4 Å². The molecule has 1 aliphatic heterocycles. The Morgan fingerprint density at radius 3 is 2.54 bits per heavy atom. The molecule has 7 heteroatoms. The number of carboxylic acids is 1. The first-order valence-electron chi connectivity index (χ1n) is 7.75. The minimum absolute atomic E-state index is 0.0649. The number of carbonyl (C=O) groups is 2. The van der Waals surface area contributed by atoms with Crippen LogP contribution in [0.1, 0.15) is 28.9 Å². The number of aliphatic carboxylic acids is 1. The molecular weight excluding hydrogens is 328 g/mol. The van der Waals surface area contributed by atoms with E-state index in [-0.39, 0.29) is 11.8 Å². The predicted octanol–water partition coefficient (Wildman–Crippen LogP) is 2.66. The number of ether oxygens (including phenoxy) is 1. The Hall–Kier alpha value is -2.41. The number of thiazole rings is 1. The number of piperidine rings is 1. The molecule has 0 atom stereocenters. The molecule has 2 aromatic rings. The molecule has 1 aromatic heterocycles. The van der Waals surface area contributed by atoms with Gasteiger partial charge in [0, 0.05) is 24.0 Å². The highest BCUT2D eigenvalue weighted by molar-refractivity contribution is 7.07. The molecular formula is C17H18N2O4S. The lowest BCUT2D eigenvalue weighted by Crippen LogP contribution is -2.40. The van der Waals surface area contributed by atoms with Crippen LogP contribution in [0.5, 0.6) is 5.75 Å². The molecule has 1 N–H and O–H groups in total. The van der Waals surface area contributed by atoms with Gasteiger partial charge in [-0.2, -0.15) is 0 Å². The molecule has 0 aliphatic carbocycles. The van der Waals surface area contributed by atoms with Gasteiger partial charge in [0.2, 0.25) is 0 Å². The number of amides is 1. The Morgan fingerprint density at radius 1 is 1.25 bits per heavy atom. The van der Waals surface area contributed by atoms with Crippen LogP contribution in [0.25, 0.3) is 0 Å². The van der Waals surface area contributed by atoms with E-state index < -0.39 is 5.97 Å². The monoisotopic (exact) mass is 346 g/mol. The third-order valence-corrected chi connectivity index (χ3v) is 4.74. The van der Waals surface area contributed by atoms with Gasteiger partial charge in [0.05, 0.1) is 17.1 Å². The van der Waals surface area contributed by atoms with E-state index in [1.165, 1.54) is 11.3 Å². The number of likely N-dealkylation sites (tertiary alicyclic amines) is 1. The SMILES string of the molecule is O=C(O)C1CCN(C(=O)c2ccc(OCc3cscn3)cc2)CC1. The zero-order valence-corrected chi connectivity index (χ0v) is 13.9. The molecule has 0 saturated carbocycles. The highest BCUT2D eigenvalue weighted by Crippen LogP contribution is 2.20. The number of hydrogen-bond acceptors (Lipinski definition) is 5. The summed E-state index contributed by atoms with van der Waals surface area (Å²) in [4.78, 5) is 29.3. The number of carbonyl (C=O) groups excluding carboxylic acids is 1. The number of nitrogens with zero attached hydrogens (tertiary/aromatic N) is 2. The second-order valence-corrected chi connectivity index (χ2v) is 6.42. The van der Waals surface area contributed by atoms with Gasteiger partial charge in [0.25, 0.3) is 5.91 Å². The quantitative estimate of drug-likeness (QED) is 0.900. The number of carboxylic acid groups (broad SMARTS) is 1. The van der Waals surface area contributed by atoms with Crippen LogP contribution in [0.15, 0.2) is 35.2 Å². The minimum atomic E-state index is -0.774. The largest absolute Gasteiger partial charge is 0.487 e. The maximum atomic E-state index is 12.5. The van der Waals surface area contributed by atoms with E-state index >= 15 is 0 Å². The van der Waals surface area contributed by atoms with Crippen LogP contribution >= 0.6 is 11.3 Å². The Kier molecular flexibility index (Phi) is 5.10. The first kappa shape index (κ1) is 16.4. The lowest BCUT2D eigenvalue weighted by molar-refractivity contribution is -0.143. The summed E-state index contributed by atoms with van der Waals surface area (Å²) in [5.41, 5.74) is 3.22. The van der Waals surface area contributed by atoms with Crippen molar-refractivity contribution in [1.29, 1.82) is 0 Å². The normalized spacial score (nSPS) is 15.2. The zero-order valence-electron chi connectivity index (χ0n) is 13.1. The molecule has 3 rings (SSSR count). The van der Waals surface area contributed by atoms with E-state index in [2.05, 4.69) is 4.98 Å². The summed E-state index contributed by atoms with van der Waals surface area (Å²) in [5.74, 6) is -0.492. The lowest BCUT2D eigenvalue weighted by Gasteiger charge is -2.30. The summed E-state index contributed by atoms with van der Waals surface area (Å²) in [6, 6.07) is 7.01. The van der Waals surface area contributed by atoms with Gasteiger partial charge in [-0.25, -0.2) is 4.98 Å². The van der Waals surface area contributed by atoms with Gasteiger partial charge in [0.1, 0.15) is 12.4 Å². The predicted molar refractivity (Wildman–Crippen MR) is 89.2 cm³/mol. The van der Waals surface area contributed by atoms with Crippen LogP contribution in [0.4, 0.5) is 0 Å². The number of benzene rings is 1. The molecule has 24 heavy (non-hydrogen) atoms. The first-order valence-corrected chi connectivity index (χ1v) is 8.70. The van der Waals surface area contributed by atoms with E-state index in [4.69, 9.17) is 9.84 Å². The van der Waals surface area contributed by atoms with Crippen LogP contribution in [0, 0.1) is 5.92 Å². The number of aromatic nitrogens is 1. The van der Waals surface area contributed by atoms with Crippen LogP contribution in [0.2, 0.25) is 0 Å². The second-order valence-electron chi connectivity index (χ2n) is 5.70. The molecule has 1 aliphatic rings. The van der Waals surface area contributed by atoms with Crippen molar-refractivity contribution in [2.75, 3.05) is 13.1 Å². The summed E-state index contributed by atoms with van der Waals surface area (Å²) >= 11 is 1.52. The standard InChI is InChI=1S/C17H18N2O4S/c20-16(19-7-5-13(6-8-19)17(21)22)12-1-3-15(4-2-12)23-9-14-10-24-11-18-14/h1-4,10-11,13H,5-9H2,(H,21,22). The molecule has 1 fully saturated rings. The smallest absolute Gasteiger partial charge is 0.306 e. The molecule has 1 saturated heterocycles. The van der Waals surface area contributed by atoms with Crippen molar-refractivity contribution in [1.82, 2.24) is 9.88 Å². The highest BCUT2D eigenvalue weighted by atomic mass is 32.1. The number of hydrogen-bond donors (Lipinski definition) is 1. The minimum Gasteiger partial charge on any atom is -0.487 e. The first-order chi connectivity index (χ1) is 11.6. The van der Waals surface area contributed by atoms with Crippen LogP contribution < -0.4 is 4.74 Å². The molecule has 0 radical (unpaired) electrons. The third-order valence-electron chi connectivity index (χ3n) is 4.10. The second kappa shape index (κ2) is 7.44. The Morgan fingerprint density at radius 2 is 1.96 bits per heavy atom. The average Bonchev–Trinajstić information content (AvgIpc) is 3.13. The molecule has 6 nitrogen and oxygen atoms in total. The van der Waals surface area contributed by atoms with Crippen molar-refractivity contribution in [2.24, 2.45) is 5.92 Å². The summed E-state index contributed by atoms with van der Waals surface area (Å²) in [6.07, 6.45) is 1.02. The Labute approximate surface area is 143 Å².